The monoisotopic (exact) mass is 507 g/mol. The molecule has 180 valence electrons. The van der Waals surface area contributed by atoms with Crippen molar-refractivity contribution in [3.8, 4) is 11.5 Å². The van der Waals surface area contributed by atoms with Gasteiger partial charge in [-0.3, -0.25) is 4.31 Å². The van der Waals surface area contributed by atoms with Crippen LogP contribution in [-0.4, -0.2) is 29.2 Å². The molecular formula is C25H24ClF2NO4S. The number of halogens is 3. The van der Waals surface area contributed by atoms with Gasteiger partial charge in [0.25, 0.3) is 10.0 Å². The number of benzene rings is 3. The van der Waals surface area contributed by atoms with Gasteiger partial charge in [0.05, 0.1) is 24.8 Å². The minimum Gasteiger partial charge on any atom is -0.493 e. The zero-order valence-corrected chi connectivity index (χ0v) is 20.3. The highest BCUT2D eigenvalue weighted by molar-refractivity contribution is 7.92. The Balaban J connectivity index is 1.82. The lowest BCUT2D eigenvalue weighted by atomic mass is 10.0. The first-order valence-corrected chi connectivity index (χ1v) is 12.5. The Kier molecular flexibility index (Phi) is 7.00. The molecule has 4 rings (SSSR count). The van der Waals surface area contributed by atoms with Gasteiger partial charge < -0.3 is 9.47 Å². The smallest absolute Gasteiger partial charge is 0.264 e. The van der Waals surface area contributed by atoms with Gasteiger partial charge >= 0.3 is 0 Å². The molecular weight excluding hydrogens is 484 g/mol. The van der Waals surface area contributed by atoms with E-state index in [0.717, 1.165) is 12.8 Å². The number of nitrogens with zero attached hydrogens (tertiary/aromatic N) is 1. The molecule has 1 fully saturated rings. The van der Waals surface area contributed by atoms with E-state index in [9.17, 15) is 17.2 Å². The van der Waals surface area contributed by atoms with Crippen molar-refractivity contribution in [2.45, 2.75) is 24.2 Å². The quantitative estimate of drug-likeness (QED) is 0.365. The Morgan fingerprint density at radius 3 is 2.26 bits per heavy atom. The SMILES string of the molecule is COc1ccc(S(=O)(=O)N(CC2CC2)c2ccc(Cl)cc2Cc2c(F)cccc2F)cc1OC. The van der Waals surface area contributed by atoms with Crippen molar-refractivity contribution in [2.75, 3.05) is 25.1 Å². The van der Waals surface area contributed by atoms with Crippen molar-refractivity contribution >= 4 is 27.3 Å². The van der Waals surface area contributed by atoms with Gasteiger partial charge in [0.2, 0.25) is 0 Å². The predicted molar refractivity (Wildman–Crippen MR) is 127 cm³/mol. The summed E-state index contributed by atoms with van der Waals surface area (Å²) in [6.45, 7) is 0.241. The average Bonchev–Trinajstić information content (AvgIpc) is 3.64. The van der Waals surface area contributed by atoms with Crippen LogP contribution in [0.2, 0.25) is 5.02 Å². The highest BCUT2D eigenvalue weighted by atomic mass is 35.5. The predicted octanol–water partition coefficient (Wildman–Crippen LogP) is 5.83. The van der Waals surface area contributed by atoms with Crippen LogP contribution in [0.15, 0.2) is 59.5 Å². The van der Waals surface area contributed by atoms with Crippen molar-refractivity contribution in [1.82, 2.24) is 0 Å². The molecule has 0 spiro atoms. The molecule has 1 aliphatic rings. The molecule has 0 aromatic heterocycles. The Morgan fingerprint density at radius 2 is 1.65 bits per heavy atom. The number of rotatable bonds is 9. The topological polar surface area (TPSA) is 55.8 Å². The minimum absolute atomic E-state index is 0.0174. The average molecular weight is 508 g/mol. The van der Waals surface area contributed by atoms with Crippen LogP contribution in [0, 0.1) is 17.6 Å². The molecule has 3 aromatic rings. The summed E-state index contributed by atoms with van der Waals surface area (Å²) < 4.78 is 68.3. The molecule has 5 nitrogen and oxygen atoms in total. The second kappa shape index (κ2) is 9.80. The zero-order valence-electron chi connectivity index (χ0n) is 18.7. The maximum atomic E-state index is 14.4. The third-order valence-electron chi connectivity index (χ3n) is 5.80. The standard InChI is InChI=1S/C25H24ClF2NO4S/c1-32-24-11-9-19(14-25(24)33-2)34(30,31)29(15-16-6-7-16)23-10-8-18(26)12-17(23)13-20-21(27)4-3-5-22(20)28/h3-5,8-12,14,16H,6-7,13,15H2,1-2H3. The lowest BCUT2D eigenvalue weighted by molar-refractivity contribution is 0.354. The third kappa shape index (κ3) is 4.98. The molecule has 0 N–H and O–H groups in total. The zero-order chi connectivity index (χ0) is 24.5. The van der Waals surface area contributed by atoms with Crippen LogP contribution < -0.4 is 13.8 Å². The number of hydrogen-bond donors (Lipinski definition) is 0. The fraction of sp³-hybridized carbons (Fsp3) is 0.280. The maximum absolute atomic E-state index is 14.4. The van der Waals surface area contributed by atoms with E-state index in [1.807, 2.05) is 0 Å². The van der Waals surface area contributed by atoms with Gasteiger partial charge in [-0.1, -0.05) is 17.7 Å². The van der Waals surface area contributed by atoms with E-state index in [1.165, 1.54) is 54.9 Å². The Bertz CT molecular complexity index is 1290. The molecule has 0 amide bonds. The molecule has 1 aliphatic carbocycles. The first kappa shape index (κ1) is 24.3. The molecule has 0 bridgehead atoms. The van der Waals surface area contributed by atoms with E-state index in [-0.39, 0.29) is 35.1 Å². The summed E-state index contributed by atoms with van der Waals surface area (Å²) in [5.41, 5.74) is 0.579. The van der Waals surface area contributed by atoms with Gasteiger partial charge in [0.1, 0.15) is 11.6 Å². The molecule has 3 aromatic carbocycles. The van der Waals surface area contributed by atoms with Gasteiger partial charge in [-0.15, -0.1) is 0 Å². The van der Waals surface area contributed by atoms with Crippen LogP contribution in [0.25, 0.3) is 0 Å². The van der Waals surface area contributed by atoms with Crippen LogP contribution in [0.4, 0.5) is 14.5 Å². The van der Waals surface area contributed by atoms with E-state index in [2.05, 4.69) is 0 Å². The lowest BCUT2D eigenvalue weighted by Crippen LogP contribution is -2.34. The van der Waals surface area contributed by atoms with Crippen LogP contribution in [0.1, 0.15) is 24.0 Å². The molecule has 0 heterocycles. The highest BCUT2D eigenvalue weighted by Crippen LogP contribution is 2.38. The summed E-state index contributed by atoms with van der Waals surface area (Å²) in [5, 5.41) is 0.338. The van der Waals surface area contributed by atoms with E-state index in [1.54, 1.807) is 18.2 Å². The van der Waals surface area contributed by atoms with Gasteiger partial charge in [-0.05, 0) is 66.8 Å². The summed E-state index contributed by atoms with van der Waals surface area (Å²) in [4.78, 5) is 0.0174. The van der Waals surface area contributed by atoms with E-state index < -0.39 is 21.7 Å². The minimum atomic E-state index is -4.05. The summed E-state index contributed by atoms with van der Waals surface area (Å²) in [7, 11) is -1.15. The molecule has 9 heteroatoms. The second-order valence-corrected chi connectivity index (χ2v) is 10.4. The van der Waals surface area contributed by atoms with Crippen molar-refractivity contribution in [2.24, 2.45) is 5.92 Å². The summed E-state index contributed by atoms with van der Waals surface area (Å²) in [6.07, 6.45) is 1.66. The summed E-state index contributed by atoms with van der Waals surface area (Å²) in [6, 6.07) is 12.7. The normalized spacial score (nSPS) is 13.6. The Morgan fingerprint density at radius 1 is 0.971 bits per heavy atom. The van der Waals surface area contributed by atoms with E-state index >= 15 is 0 Å². The summed E-state index contributed by atoms with van der Waals surface area (Å²) in [5.74, 6) is -0.536. The fourth-order valence-electron chi connectivity index (χ4n) is 3.80. The van der Waals surface area contributed by atoms with Crippen molar-refractivity contribution in [3.63, 3.8) is 0 Å². The molecule has 34 heavy (non-hydrogen) atoms. The first-order valence-electron chi connectivity index (χ1n) is 10.7. The first-order chi connectivity index (χ1) is 16.2. The number of methoxy groups -OCH3 is 2. The van der Waals surface area contributed by atoms with Crippen molar-refractivity contribution in [3.05, 3.63) is 82.4 Å². The van der Waals surface area contributed by atoms with Gasteiger partial charge in [-0.2, -0.15) is 0 Å². The van der Waals surface area contributed by atoms with Gasteiger partial charge in [-0.25, -0.2) is 17.2 Å². The number of sulfonamides is 1. The molecule has 0 atom stereocenters. The van der Waals surface area contributed by atoms with Gasteiger partial charge in [0, 0.05) is 29.6 Å². The lowest BCUT2D eigenvalue weighted by Gasteiger charge is -2.27. The summed E-state index contributed by atoms with van der Waals surface area (Å²) >= 11 is 6.20. The Labute approximate surface area is 202 Å². The van der Waals surface area contributed by atoms with Crippen LogP contribution in [0.3, 0.4) is 0 Å². The molecule has 0 aliphatic heterocycles. The molecule has 0 unspecified atom stereocenters. The number of hydrogen-bond acceptors (Lipinski definition) is 4. The molecule has 0 saturated heterocycles. The van der Waals surface area contributed by atoms with Crippen LogP contribution in [0.5, 0.6) is 11.5 Å². The van der Waals surface area contributed by atoms with Crippen LogP contribution in [-0.2, 0) is 16.4 Å². The largest absolute Gasteiger partial charge is 0.493 e. The molecule has 1 saturated carbocycles. The number of ether oxygens (including phenoxy) is 2. The molecule has 0 radical (unpaired) electrons. The third-order valence-corrected chi connectivity index (χ3v) is 7.81. The van der Waals surface area contributed by atoms with E-state index in [4.69, 9.17) is 21.1 Å². The van der Waals surface area contributed by atoms with Crippen LogP contribution >= 0.6 is 11.6 Å². The maximum Gasteiger partial charge on any atom is 0.264 e. The Hall–Kier alpha value is -2.84. The van der Waals surface area contributed by atoms with Crippen molar-refractivity contribution in [1.29, 1.82) is 0 Å². The highest BCUT2D eigenvalue weighted by Gasteiger charge is 2.34. The van der Waals surface area contributed by atoms with Crippen molar-refractivity contribution < 1.29 is 26.7 Å². The van der Waals surface area contributed by atoms with E-state index in [0.29, 0.717) is 22.0 Å². The second-order valence-electron chi connectivity index (χ2n) is 8.15. The number of anilines is 1. The van der Waals surface area contributed by atoms with Gasteiger partial charge in [0.15, 0.2) is 11.5 Å². The fourth-order valence-corrected chi connectivity index (χ4v) is 5.59.